The molecule has 4 rings (SSSR count). The second-order valence-electron chi connectivity index (χ2n) is 6.50. The van der Waals surface area contributed by atoms with Crippen LogP contribution in [0.4, 0.5) is 0 Å². The molecule has 0 bridgehead atoms. The first-order chi connectivity index (χ1) is 15.4. The maximum atomic E-state index is 12.5. The average molecular weight is 494 g/mol. The molecule has 2 aromatic heterocycles. The standard InChI is InChI=1S/C20H17Cl2N5O4S/c1-30-14-5-2-4-13(12-14)20-25-24-17-8-9-18(26-27(17)20)31-11-10-23-32(28,29)16-7-3-6-15(21)19(16)22/h2-9,12,23H,10-11H2,1H3. The largest absolute Gasteiger partial charge is 0.497 e. The van der Waals surface area contributed by atoms with Gasteiger partial charge in [-0.15, -0.1) is 15.3 Å². The Morgan fingerprint density at radius 2 is 1.88 bits per heavy atom. The molecule has 0 amide bonds. The number of halogens is 2. The number of sulfonamides is 1. The van der Waals surface area contributed by atoms with Gasteiger partial charge in [0, 0.05) is 18.2 Å². The molecule has 2 heterocycles. The third-order valence-electron chi connectivity index (χ3n) is 4.42. The highest BCUT2D eigenvalue weighted by Crippen LogP contribution is 2.28. The Kier molecular flexibility index (Phi) is 6.47. The predicted octanol–water partition coefficient (Wildman–Crippen LogP) is 3.46. The van der Waals surface area contributed by atoms with Crippen molar-refractivity contribution in [3.8, 4) is 23.0 Å². The number of hydrogen-bond acceptors (Lipinski definition) is 7. The van der Waals surface area contributed by atoms with Gasteiger partial charge in [-0.05, 0) is 30.3 Å². The molecule has 0 spiro atoms. The molecule has 9 nitrogen and oxygen atoms in total. The van der Waals surface area contributed by atoms with Gasteiger partial charge in [-0.1, -0.05) is 41.4 Å². The summed E-state index contributed by atoms with van der Waals surface area (Å²) in [5.41, 5.74) is 1.30. The van der Waals surface area contributed by atoms with Gasteiger partial charge >= 0.3 is 0 Å². The van der Waals surface area contributed by atoms with E-state index in [1.165, 1.54) is 18.2 Å². The Balaban J connectivity index is 1.45. The van der Waals surface area contributed by atoms with Gasteiger partial charge in [-0.3, -0.25) is 0 Å². The number of nitrogens with zero attached hydrogens (tertiary/aromatic N) is 4. The van der Waals surface area contributed by atoms with Gasteiger partial charge in [0.25, 0.3) is 0 Å². The normalized spacial score (nSPS) is 11.6. The molecule has 0 fully saturated rings. The van der Waals surface area contributed by atoms with Gasteiger partial charge in [0.05, 0.1) is 17.2 Å². The van der Waals surface area contributed by atoms with E-state index >= 15 is 0 Å². The van der Waals surface area contributed by atoms with Crippen LogP contribution in [0.2, 0.25) is 10.0 Å². The molecule has 0 aliphatic heterocycles. The minimum Gasteiger partial charge on any atom is -0.497 e. The molecule has 0 atom stereocenters. The van der Waals surface area contributed by atoms with Crippen molar-refractivity contribution in [3.05, 3.63) is 64.6 Å². The van der Waals surface area contributed by atoms with Crippen LogP contribution in [0.25, 0.3) is 17.0 Å². The van der Waals surface area contributed by atoms with E-state index in [1.807, 2.05) is 24.3 Å². The number of rotatable bonds is 8. The van der Waals surface area contributed by atoms with E-state index in [2.05, 4.69) is 20.0 Å². The topological polar surface area (TPSA) is 108 Å². The Morgan fingerprint density at radius 1 is 1.06 bits per heavy atom. The Morgan fingerprint density at radius 3 is 2.69 bits per heavy atom. The first-order valence-corrected chi connectivity index (χ1v) is 11.6. The van der Waals surface area contributed by atoms with Gasteiger partial charge in [0.2, 0.25) is 15.9 Å². The molecule has 1 N–H and O–H groups in total. The third kappa shape index (κ3) is 4.63. The van der Waals surface area contributed by atoms with Crippen LogP contribution >= 0.6 is 23.2 Å². The molecular weight excluding hydrogens is 477 g/mol. The first kappa shape index (κ1) is 22.3. The van der Waals surface area contributed by atoms with Gasteiger partial charge in [0.15, 0.2) is 11.5 Å². The fraction of sp³-hybridized carbons (Fsp3) is 0.150. The van der Waals surface area contributed by atoms with Crippen LogP contribution < -0.4 is 14.2 Å². The van der Waals surface area contributed by atoms with Gasteiger partial charge in [0.1, 0.15) is 17.3 Å². The number of ether oxygens (including phenoxy) is 2. The minimum atomic E-state index is -3.85. The molecule has 12 heteroatoms. The fourth-order valence-corrected chi connectivity index (χ4v) is 4.66. The summed E-state index contributed by atoms with van der Waals surface area (Å²) >= 11 is 11.9. The van der Waals surface area contributed by atoms with Crippen molar-refractivity contribution >= 4 is 38.9 Å². The number of benzene rings is 2. The summed E-state index contributed by atoms with van der Waals surface area (Å²) in [4.78, 5) is -0.0985. The van der Waals surface area contributed by atoms with Crippen LogP contribution in [-0.2, 0) is 10.0 Å². The second-order valence-corrected chi connectivity index (χ2v) is 9.02. The molecule has 0 saturated heterocycles. The minimum absolute atomic E-state index is 0.00415. The van der Waals surface area contributed by atoms with E-state index in [9.17, 15) is 8.42 Å². The molecule has 0 saturated carbocycles. The van der Waals surface area contributed by atoms with Crippen molar-refractivity contribution in [1.29, 1.82) is 0 Å². The highest BCUT2D eigenvalue weighted by Gasteiger charge is 2.19. The van der Waals surface area contributed by atoms with Crippen LogP contribution in [0, 0.1) is 0 Å². The molecule has 32 heavy (non-hydrogen) atoms. The zero-order chi connectivity index (χ0) is 22.7. The van der Waals surface area contributed by atoms with Crippen molar-refractivity contribution in [3.63, 3.8) is 0 Å². The molecule has 166 valence electrons. The number of methoxy groups -OCH3 is 1. The van der Waals surface area contributed by atoms with Crippen LogP contribution in [0.15, 0.2) is 59.5 Å². The number of hydrogen-bond donors (Lipinski definition) is 1. The van der Waals surface area contributed by atoms with Crippen molar-refractivity contribution in [2.24, 2.45) is 0 Å². The zero-order valence-corrected chi connectivity index (χ0v) is 19.0. The maximum absolute atomic E-state index is 12.5. The molecule has 0 aliphatic rings. The van der Waals surface area contributed by atoms with Crippen LogP contribution in [-0.4, -0.2) is 48.5 Å². The summed E-state index contributed by atoms with van der Waals surface area (Å²) in [5, 5.41) is 12.8. The van der Waals surface area contributed by atoms with E-state index in [1.54, 1.807) is 23.8 Å². The van der Waals surface area contributed by atoms with E-state index in [0.29, 0.717) is 17.2 Å². The molecule has 0 unspecified atom stereocenters. The average Bonchev–Trinajstić information content (AvgIpc) is 3.22. The second kappa shape index (κ2) is 9.29. The molecular formula is C20H17Cl2N5O4S. The lowest BCUT2D eigenvalue weighted by Gasteiger charge is -2.10. The van der Waals surface area contributed by atoms with Crippen LogP contribution in [0.3, 0.4) is 0 Å². The summed E-state index contributed by atoms with van der Waals surface area (Å²) in [5.74, 6) is 1.47. The fourth-order valence-electron chi connectivity index (χ4n) is 2.89. The monoisotopic (exact) mass is 493 g/mol. The van der Waals surface area contributed by atoms with E-state index in [0.717, 1.165) is 5.56 Å². The lowest BCUT2D eigenvalue weighted by molar-refractivity contribution is 0.306. The van der Waals surface area contributed by atoms with Gasteiger partial charge in [-0.2, -0.15) is 4.52 Å². The van der Waals surface area contributed by atoms with Gasteiger partial charge < -0.3 is 9.47 Å². The Bertz CT molecular complexity index is 1380. The molecule has 2 aromatic carbocycles. The molecule has 0 radical (unpaired) electrons. The van der Waals surface area contributed by atoms with Gasteiger partial charge in [-0.25, -0.2) is 13.1 Å². The van der Waals surface area contributed by atoms with Crippen molar-refractivity contribution in [1.82, 2.24) is 24.5 Å². The van der Waals surface area contributed by atoms with Crippen molar-refractivity contribution in [2.45, 2.75) is 4.90 Å². The summed E-state index contributed by atoms with van der Waals surface area (Å²) in [7, 11) is -2.26. The smallest absolute Gasteiger partial charge is 0.242 e. The molecule has 4 aromatic rings. The number of nitrogens with one attached hydrogen (secondary N) is 1. The van der Waals surface area contributed by atoms with Crippen molar-refractivity contribution in [2.75, 3.05) is 20.3 Å². The van der Waals surface area contributed by atoms with E-state index in [-0.39, 0.29) is 34.0 Å². The van der Waals surface area contributed by atoms with E-state index < -0.39 is 10.0 Å². The third-order valence-corrected chi connectivity index (χ3v) is 6.85. The number of fused-ring (bicyclic) bond motifs is 1. The maximum Gasteiger partial charge on any atom is 0.242 e. The van der Waals surface area contributed by atoms with E-state index in [4.69, 9.17) is 32.7 Å². The summed E-state index contributed by atoms with van der Waals surface area (Å²) in [6, 6.07) is 15.1. The number of aromatic nitrogens is 4. The predicted molar refractivity (Wildman–Crippen MR) is 120 cm³/mol. The summed E-state index contributed by atoms with van der Waals surface area (Å²) in [6.07, 6.45) is 0. The van der Waals surface area contributed by atoms with Crippen LogP contribution in [0.1, 0.15) is 0 Å². The summed E-state index contributed by atoms with van der Waals surface area (Å²) < 4.78 is 39.7. The Hall–Kier alpha value is -2.92. The quantitative estimate of drug-likeness (QED) is 0.374. The van der Waals surface area contributed by atoms with Crippen LogP contribution in [0.5, 0.6) is 11.6 Å². The Labute approximate surface area is 193 Å². The SMILES string of the molecule is COc1cccc(-c2nnc3ccc(OCCNS(=O)(=O)c4cccc(Cl)c4Cl)nn23)c1. The highest BCUT2D eigenvalue weighted by atomic mass is 35.5. The first-order valence-electron chi connectivity index (χ1n) is 9.32. The van der Waals surface area contributed by atoms with Crippen molar-refractivity contribution < 1.29 is 17.9 Å². The lowest BCUT2D eigenvalue weighted by atomic mass is 10.2. The zero-order valence-electron chi connectivity index (χ0n) is 16.7. The lowest BCUT2D eigenvalue weighted by Crippen LogP contribution is -2.28. The summed E-state index contributed by atoms with van der Waals surface area (Å²) in [6.45, 7) is 0.0301. The molecule has 0 aliphatic carbocycles. The highest BCUT2D eigenvalue weighted by molar-refractivity contribution is 7.89.